The van der Waals surface area contributed by atoms with Crippen LogP contribution in [-0.4, -0.2) is 34.3 Å². The van der Waals surface area contributed by atoms with Gasteiger partial charge in [-0.25, -0.2) is 9.97 Å². The summed E-state index contributed by atoms with van der Waals surface area (Å²) in [6.45, 7) is 11.5. The van der Waals surface area contributed by atoms with Crippen molar-refractivity contribution in [2.45, 2.75) is 72.1 Å². The van der Waals surface area contributed by atoms with E-state index < -0.39 is 0 Å². The van der Waals surface area contributed by atoms with Crippen LogP contribution in [-0.2, 0) is 13.0 Å². The van der Waals surface area contributed by atoms with E-state index in [4.69, 9.17) is 9.97 Å². The maximum Gasteiger partial charge on any atom is 0.225 e. The molecule has 0 bridgehead atoms. The van der Waals surface area contributed by atoms with Gasteiger partial charge in [0, 0.05) is 37.4 Å². The number of rotatable bonds is 4. The van der Waals surface area contributed by atoms with Gasteiger partial charge in [-0.2, -0.15) is 0 Å². The van der Waals surface area contributed by atoms with Crippen molar-refractivity contribution < 1.29 is 5.11 Å². The lowest BCUT2D eigenvalue weighted by molar-refractivity contribution is 0.145. The van der Waals surface area contributed by atoms with Gasteiger partial charge in [-0.05, 0) is 56.1 Å². The van der Waals surface area contributed by atoms with Crippen LogP contribution >= 0.6 is 0 Å². The van der Waals surface area contributed by atoms with Gasteiger partial charge < -0.3 is 15.3 Å². The van der Waals surface area contributed by atoms with Crippen LogP contribution in [0.4, 0.5) is 5.95 Å². The molecule has 1 aliphatic heterocycles. The van der Waals surface area contributed by atoms with Crippen molar-refractivity contribution in [3.05, 3.63) is 52.3 Å². The van der Waals surface area contributed by atoms with Gasteiger partial charge >= 0.3 is 0 Å². The topological polar surface area (TPSA) is 61.3 Å². The van der Waals surface area contributed by atoms with Crippen molar-refractivity contribution in [1.29, 1.82) is 0 Å². The molecule has 1 saturated heterocycles. The molecule has 0 spiro atoms. The minimum absolute atomic E-state index is 0.179. The monoisotopic (exact) mass is 394 g/mol. The summed E-state index contributed by atoms with van der Waals surface area (Å²) in [7, 11) is 0. The third-order valence-electron chi connectivity index (χ3n) is 6.46. The fourth-order valence-electron chi connectivity index (χ4n) is 4.66. The van der Waals surface area contributed by atoms with Gasteiger partial charge in [0.15, 0.2) is 0 Å². The van der Waals surface area contributed by atoms with Crippen LogP contribution in [0.15, 0.2) is 24.4 Å². The number of aromatic nitrogens is 2. The molecule has 29 heavy (non-hydrogen) atoms. The molecule has 2 aliphatic rings. The van der Waals surface area contributed by atoms with Crippen molar-refractivity contribution in [1.82, 2.24) is 15.3 Å². The zero-order chi connectivity index (χ0) is 20.6. The lowest BCUT2D eigenvalue weighted by Crippen LogP contribution is -2.38. The zero-order valence-electron chi connectivity index (χ0n) is 18.2. The van der Waals surface area contributed by atoms with E-state index in [0.29, 0.717) is 0 Å². The molecule has 5 heteroatoms. The van der Waals surface area contributed by atoms with Crippen LogP contribution in [0.25, 0.3) is 0 Å². The molecular formula is C24H34N4O. The van der Waals surface area contributed by atoms with E-state index in [-0.39, 0.29) is 17.6 Å². The summed E-state index contributed by atoms with van der Waals surface area (Å²) < 4.78 is 0. The maximum atomic E-state index is 9.78. The van der Waals surface area contributed by atoms with E-state index in [0.717, 1.165) is 51.3 Å². The number of benzene rings is 1. The van der Waals surface area contributed by atoms with E-state index in [1.54, 1.807) is 0 Å². The number of aliphatic hydroxyl groups excluding tert-OH is 1. The first-order valence-corrected chi connectivity index (χ1v) is 10.9. The number of aliphatic hydroxyl groups is 1. The second-order valence-electron chi connectivity index (χ2n) is 9.70. The molecule has 2 heterocycles. The predicted octanol–water partition coefficient (Wildman–Crippen LogP) is 3.86. The number of fused-ring (bicyclic) bond motifs is 1. The molecular weight excluding hydrogens is 360 g/mol. The third kappa shape index (κ3) is 4.62. The molecule has 1 aromatic carbocycles. The highest BCUT2D eigenvalue weighted by atomic mass is 16.3. The molecule has 0 amide bonds. The van der Waals surface area contributed by atoms with Gasteiger partial charge in [0.05, 0.1) is 11.8 Å². The lowest BCUT2D eigenvalue weighted by atomic mass is 9.74. The van der Waals surface area contributed by atoms with Gasteiger partial charge in [0.2, 0.25) is 5.95 Å². The Morgan fingerprint density at radius 2 is 1.97 bits per heavy atom. The largest absolute Gasteiger partial charge is 0.393 e. The summed E-state index contributed by atoms with van der Waals surface area (Å²) in [6, 6.07) is 6.93. The molecule has 0 saturated carbocycles. The van der Waals surface area contributed by atoms with Crippen LogP contribution in [0.3, 0.4) is 0 Å². The number of hydrogen-bond acceptors (Lipinski definition) is 5. The van der Waals surface area contributed by atoms with Gasteiger partial charge in [0.25, 0.3) is 0 Å². The highest BCUT2D eigenvalue weighted by molar-refractivity contribution is 5.37. The fourth-order valence-corrected chi connectivity index (χ4v) is 4.66. The van der Waals surface area contributed by atoms with E-state index in [2.05, 4.69) is 56.1 Å². The fraction of sp³-hybridized carbons (Fsp3) is 0.583. The summed E-state index contributed by atoms with van der Waals surface area (Å²) in [5.74, 6) is 0.821. The van der Waals surface area contributed by atoms with Gasteiger partial charge in [-0.15, -0.1) is 0 Å². The molecule has 1 fully saturated rings. The lowest BCUT2D eigenvalue weighted by Gasteiger charge is -2.37. The van der Waals surface area contributed by atoms with Crippen molar-refractivity contribution in [3.8, 4) is 0 Å². The van der Waals surface area contributed by atoms with E-state index in [9.17, 15) is 5.11 Å². The summed E-state index contributed by atoms with van der Waals surface area (Å²) in [6.07, 6.45) is 5.53. The molecule has 2 aromatic rings. The smallest absolute Gasteiger partial charge is 0.225 e. The number of anilines is 1. The molecule has 1 atom stereocenters. The van der Waals surface area contributed by atoms with E-state index in [1.807, 2.05) is 6.20 Å². The zero-order valence-corrected chi connectivity index (χ0v) is 18.2. The molecule has 1 unspecified atom stereocenters. The Bertz CT molecular complexity index is 871. The van der Waals surface area contributed by atoms with Gasteiger partial charge in [-0.3, -0.25) is 0 Å². The number of hydrogen-bond donors (Lipinski definition) is 2. The number of nitrogens with one attached hydrogen (secondary N) is 1. The number of piperidine rings is 1. The van der Waals surface area contributed by atoms with Crippen LogP contribution < -0.4 is 10.2 Å². The quantitative estimate of drug-likeness (QED) is 0.825. The maximum absolute atomic E-state index is 9.78. The van der Waals surface area contributed by atoms with Crippen molar-refractivity contribution >= 4 is 5.95 Å². The molecule has 156 valence electrons. The van der Waals surface area contributed by atoms with E-state index >= 15 is 0 Å². The first-order valence-electron chi connectivity index (χ1n) is 10.9. The van der Waals surface area contributed by atoms with Crippen molar-refractivity contribution in [2.75, 3.05) is 18.0 Å². The van der Waals surface area contributed by atoms with Gasteiger partial charge in [0.1, 0.15) is 0 Å². The third-order valence-corrected chi connectivity index (χ3v) is 6.46. The predicted molar refractivity (Wildman–Crippen MR) is 117 cm³/mol. The minimum atomic E-state index is -0.179. The highest BCUT2D eigenvalue weighted by Crippen LogP contribution is 2.40. The number of nitrogens with zero attached hydrogens (tertiary/aromatic N) is 3. The molecule has 1 aliphatic carbocycles. The molecule has 0 radical (unpaired) electrons. The van der Waals surface area contributed by atoms with Gasteiger partial charge in [-0.1, -0.05) is 37.6 Å². The first-order chi connectivity index (χ1) is 13.8. The van der Waals surface area contributed by atoms with Crippen LogP contribution in [0, 0.1) is 19.3 Å². The Morgan fingerprint density at radius 3 is 2.72 bits per heavy atom. The average Bonchev–Trinajstić information content (AvgIpc) is 2.67. The van der Waals surface area contributed by atoms with E-state index in [1.165, 1.54) is 27.9 Å². The van der Waals surface area contributed by atoms with Crippen molar-refractivity contribution in [2.24, 2.45) is 5.41 Å². The van der Waals surface area contributed by atoms with Crippen molar-refractivity contribution in [3.63, 3.8) is 0 Å². The Balaban J connectivity index is 1.55. The normalized spacial score (nSPS) is 21.8. The first kappa shape index (κ1) is 20.3. The number of aryl methyl sites for hydroxylation is 2. The van der Waals surface area contributed by atoms with Crippen LogP contribution in [0.1, 0.15) is 67.1 Å². The highest BCUT2D eigenvalue weighted by Gasteiger charge is 2.34. The summed E-state index contributed by atoms with van der Waals surface area (Å²) >= 11 is 0. The Hall–Kier alpha value is -1.98. The summed E-state index contributed by atoms with van der Waals surface area (Å²) in [4.78, 5) is 11.9. The Kier molecular flexibility index (Phi) is 5.63. The molecule has 4 rings (SSSR count). The SMILES string of the molecule is Cc1ccc(C)c(CNC2CC(C)(C)Cc3nc(N4CCC(O)CC4)ncc32)c1. The Labute approximate surface area is 174 Å². The summed E-state index contributed by atoms with van der Waals surface area (Å²) in [5, 5.41) is 13.6. The average molecular weight is 395 g/mol. The second-order valence-corrected chi connectivity index (χ2v) is 9.70. The molecule has 2 N–H and O–H groups in total. The molecule has 1 aromatic heterocycles. The Morgan fingerprint density at radius 1 is 1.21 bits per heavy atom. The van der Waals surface area contributed by atoms with Crippen LogP contribution in [0.5, 0.6) is 0 Å². The van der Waals surface area contributed by atoms with Crippen LogP contribution in [0.2, 0.25) is 0 Å². The second kappa shape index (κ2) is 8.04. The summed E-state index contributed by atoms with van der Waals surface area (Å²) in [5.41, 5.74) is 6.62. The standard InChI is InChI=1S/C24H34N4O/c1-16-5-6-17(2)18(11-16)14-25-21-12-24(3,4)13-22-20(21)15-26-23(27-22)28-9-7-19(29)8-10-28/h5-6,11,15,19,21,25,29H,7-10,12-14H2,1-4H3. The minimum Gasteiger partial charge on any atom is -0.393 e. The molecule has 5 nitrogen and oxygen atoms in total.